The highest BCUT2D eigenvalue weighted by Gasteiger charge is 2.17. The smallest absolute Gasteiger partial charge is 0.331 e. The summed E-state index contributed by atoms with van der Waals surface area (Å²) in [5.74, 6) is 0.0463. The number of hydrogen-bond donors (Lipinski definition) is 1. The summed E-state index contributed by atoms with van der Waals surface area (Å²) in [6.07, 6.45) is 1.84. The van der Waals surface area contributed by atoms with Crippen molar-refractivity contribution in [3.8, 4) is 11.5 Å². The number of carbonyl (C=O) groups excluding carboxylic acids is 2. The van der Waals surface area contributed by atoms with Gasteiger partial charge in [0.1, 0.15) is 0 Å². The second-order valence-electron chi connectivity index (χ2n) is 5.98. The summed E-state index contributed by atoms with van der Waals surface area (Å²) in [5.41, 5.74) is 2.15. The standard InChI is InChI=1S/C21H22ClNO5/c1-13-5-8-16(22)12-17(13)23-21(25)14(2)28-20(24)10-7-15-6-9-18(26-3)19(11-15)27-4/h5-12,14H,1-4H3,(H,23,25)/b10-7+. The van der Waals surface area contributed by atoms with Crippen LogP contribution in [0.3, 0.4) is 0 Å². The number of halogens is 1. The maximum absolute atomic E-state index is 12.3. The van der Waals surface area contributed by atoms with E-state index in [1.807, 2.05) is 6.92 Å². The molecule has 0 aromatic heterocycles. The Morgan fingerprint density at radius 1 is 1.07 bits per heavy atom. The van der Waals surface area contributed by atoms with E-state index in [9.17, 15) is 9.59 Å². The van der Waals surface area contributed by atoms with E-state index in [1.165, 1.54) is 20.1 Å². The second-order valence-corrected chi connectivity index (χ2v) is 6.41. The summed E-state index contributed by atoms with van der Waals surface area (Å²) in [4.78, 5) is 24.3. The van der Waals surface area contributed by atoms with Gasteiger partial charge in [0.2, 0.25) is 0 Å². The van der Waals surface area contributed by atoms with Crippen LogP contribution in [0.5, 0.6) is 11.5 Å². The Morgan fingerprint density at radius 2 is 1.79 bits per heavy atom. The highest BCUT2D eigenvalue weighted by molar-refractivity contribution is 6.31. The zero-order chi connectivity index (χ0) is 20.7. The molecule has 0 radical (unpaired) electrons. The summed E-state index contributed by atoms with van der Waals surface area (Å²) in [6.45, 7) is 3.34. The molecule has 1 amide bonds. The van der Waals surface area contributed by atoms with Gasteiger partial charge in [-0.3, -0.25) is 4.79 Å². The van der Waals surface area contributed by atoms with Crippen LogP contribution in [0.2, 0.25) is 5.02 Å². The predicted molar refractivity (Wildman–Crippen MR) is 109 cm³/mol. The van der Waals surface area contributed by atoms with Gasteiger partial charge in [0.05, 0.1) is 14.2 Å². The third-order valence-corrected chi connectivity index (χ3v) is 4.17. The monoisotopic (exact) mass is 403 g/mol. The van der Waals surface area contributed by atoms with E-state index in [1.54, 1.807) is 49.6 Å². The van der Waals surface area contributed by atoms with Crippen LogP contribution >= 0.6 is 11.6 Å². The van der Waals surface area contributed by atoms with Crippen molar-refractivity contribution >= 4 is 35.2 Å². The van der Waals surface area contributed by atoms with Crippen molar-refractivity contribution in [3.05, 3.63) is 58.6 Å². The van der Waals surface area contributed by atoms with Crippen molar-refractivity contribution in [3.63, 3.8) is 0 Å². The van der Waals surface area contributed by atoms with E-state index < -0.39 is 18.0 Å². The molecule has 148 valence electrons. The molecular weight excluding hydrogens is 382 g/mol. The van der Waals surface area contributed by atoms with Gasteiger partial charge in [-0.1, -0.05) is 23.7 Å². The summed E-state index contributed by atoms with van der Waals surface area (Å²) < 4.78 is 15.5. The van der Waals surface area contributed by atoms with E-state index in [2.05, 4.69) is 5.32 Å². The number of methoxy groups -OCH3 is 2. The van der Waals surface area contributed by atoms with Gasteiger partial charge in [-0.15, -0.1) is 0 Å². The number of nitrogens with one attached hydrogen (secondary N) is 1. The molecule has 6 nitrogen and oxygen atoms in total. The normalized spacial score (nSPS) is 11.8. The van der Waals surface area contributed by atoms with E-state index in [4.69, 9.17) is 25.8 Å². The highest BCUT2D eigenvalue weighted by Crippen LogP contribution is 2.28. The van der Waals surface area contributed by atoms with Gasteiger partial charge >= 0.3 is 5.97 Å². The van der Waals surface area contributed by atoms with E-state index >= 15 is 0 Å². The second kappa shape index (κ2) is 9.80. The fraction of sp³-hybridized carbons (Fsp3) is 0.238. The van der Waals surface area contributed by atoms with Gasteiger partial charge in [0, 0.05) is 16.8 Å². The summed E-state index contributed by atoms with van der Waals surface area (Å²) >= 11 is 5.94. The van der Waals surface area contributed by atoms with Crippen LogP contribution in [0.25, 0.3) is 6.08 Å². The molecule has 0 aliphatic carbocycles. The molecule has 0 spiro atoms. The van der Waals surface area contributed by atoms with Crippen LogP contribution in [-0.4, -0.2) is 32.2 Å². The Kier molecular flexibility index (Phi) is 7.46. The van der Waals surface area contributed by atoms with Crippen molar-refractivity contribution < 1.29 is 23.8 Å². The first-order chi connectivity index (χ1) is 13.3. The average molecular weight is 404 g/mol. The molecule has 0 bridgehead atoms. The number of benzene rings is 2. The zero-order valence-electron chi connectivity index (χ0n) is 16.1. The maximum Gasteiger partial charge on any atom is 0.331 e. The molecule has 0 aliphatic heterocycles. The Balaban J connectivity index is 1.97. The number of anilines is 1. The molecule has 2 rings (SSSR count). The molecule has 1 unspecified atom stereocenters. The Labute approximate surface area is 169 Å². The molecule has 0 aliphatic rings. The first kappa shape index (κ1) is 21.3. The van der Waals surface area contributed by atoms with Crippen molar-refractivity contribution in [1.82, 2.24) is 0 Å². The van der Waals surface area contributed by atoms with Crippen LogP contribution in [0.4, 0.5) is 5.69 Å². The van der Waals surface area contributed by atoms with E-state index in [-0.39, 0.29) is 0 Å². The molecule has 0 saturated heterocycles. The Morgan fingerprint density at radius 3 is 2.46 bits per heavy atom. The first-order valence-electron chi connectivity index (χ1n) is 8.51. The summed E-state index contributed by atoms with van der Waals surface area (Å²) in [5, 5.41) is 3.21. The highest BCUT2D eigenvalue weighted by atomic mass is 35.5. The lowest BCUT2D eigenvalue weighted by molar-refractivity contribution is -0.148. The van der Waals surface area contributed by atoms with Crippen LogP contribution < -0.4 is 14.8 Å². The Hall–Kier alpha value is -2.99. The van der Waals surface area contributed by atoms with Gasteiger partial charge in [-0.25, -0.2) is 4.79 Å². The van der Waals surface area contributed by atoms with Gasteiger partial charge in [-0.05, 0) is 55.3 Å². The molecule has 0 saturated carbocycles. The van der Waals surface area contributed by atoms with Gasteiger partial charge in [0.25, 0.3) is 5.91 Å². The number of hydrogen-bond acceptors (Lipinski definition) is 5. The van der Waals surface area contributed by atoms with Crippen LogP contribution in [0, 0.1) is 6.92 Å². The largest absolute Gasteiger partial charge is 0.493 e. The third kappa shape index (κ3) is 5.76. The lowest BCUT2D eigenvalue weighted by atomic mass is 10.2. The molecule has 1 N–H and O–H groups in total. The van der Waals surface area contributed by atoms with Gasteiger partial charge < -0.3 is 19.5 Å². The lowest BCUT2D eigenvalue weighted by Crippen LogP contribution is -2.29. The molecule has 7 heteroatoms. The minimum absolute atomic E-state index is 0.446. The Bertz CT molecular complexity index is 894. The van der Waals surface area contributed by atoms with Gasteiger partial charge in [0.15, 0.2) is 17.6 Å². The fourth-order valence-corrected chi connectivity index (χ4v) is 2.52. The SMILES string of the molecule is COc1ccc(/C=C/C(=O)OC(C)C(=O)Nc2cc(Cl)ccc2C)cc1OC. The number of carbonyl (C=O) groups is 2. The van der Waals surface area contributed by atoms with Crippen molar-refractivity contribution in [2.45, 2.75) is 20.0 Å². The fourth-order valence-electron chi connectivity index (χ4n) is 2.35. The van der Waals surface area contributed by atoms with Crippen LogP contribution in [-0.2, 0) is 14.3 Å². The number of rotatable bonds is 7. The number of ether oxygens (including phenoxy) is 3. The minimum Gasteiger partial charge on any atom is -0.493 e. The van der Waals surface area contributed by atoms with Crippen molar-refractivity contribution in [1.29, 1.82) is 0 Å². The number of amides is 1. The predicted octanol–water partition coefficient (Wildman–Crippen LogP) is 4.25. The quantitative estimate of drug-likeness (QED) is 0.552. The number of aryl methyl sites for hydroxylation is 1. The van der Waals surface area contributed by atoms with Crippen LogP contribution in [0.1, 0.15) is 18.1 Å². The summed E-state index contributed by atoms with van der Waals surface area (Å²) in [6, 6.07) is 10.4. The van der Waals surface area contributed by atoms with Crippen molar-refractivity contribution in [2.24, 2.45) is 0 Å². The molecular formula is C21H22ClNO5. The molecule has 2 aromatic carbocycles. The lowest BCUT2D eigenvalue weighted by Gasteiger charge is -2.14. The maximum atomic E-state index is 12.3. The molecule has 28 heavy (non-hydrogen) atoms. The van der Waals surface area contributed by atoms with Crippen molar-refractivity contribution in [2.75, 3.05) is 19.5 Å². The van der Waals surface area contributed by atoms with E-state index in [0.29, 0.717) is 22.2 Å². The third-order valence-electron chi connectivity index (χ3n) is 3.94. The summed E-state index contributed by atoms with van der Waals surface area (Å²) in [7, 11) is 3.07. The van der Waals surface area contributed by atoms with Gasteiger partial charge in [-0.2, -0.15) is 0 Å². The molecule has 2 aromatic rings. The zero-order valence-corrected chi connectivity index (χ0v) is 16.9. The topological polar surface area (TPSA) is 73.9 Å². The average Bonchev–Trinajstić information content (AvgIpc) is 2.68. The van der Waals surface area contributed by atoms with E-state index in [0.717, 1.165) is 11.1 Å². The molecule has 0 heterocycles. The first-order valence-corrected chi connectivity index (χ1v) is 8.89. The number of esters is 1. The van der Waals surface area contributed by atoms with Crippen LogP contribution in [0.15, 0.2) is 42.5 Å². The molecule has 1 atom stereocenters. The minimum atomic E-state index is -0.971. The molecule has 0 fully saturated rings.